The summed E-state index contributed by atoms with van der Waals surface area (Å²) in [6.45, 7) is 10.6. The van der Waals surface area contributed by atoms with Gasteiger partial charge in [-0.25, -0.2) is 0 Å². The van der Waals surface area contributed by atoms with Crippen LogP contribution in [0.2, 0.25) is 0 Å². The molecular weight excluding hydrogens is 733 g/mol. The van der Waals surface area contributed by atoms with Gasteiger partial charge in [0.1, 0.15) is 0 Å². The number of fused-ring (bicyclic) bond motifs is 2. The third kappa shape index (κ3) is 13.6. The van der Waals surface area contributed by atoms with Gasteiger partial charge in [-0.3, -0.25) is 0 Å². The number of aryl methyl sites for hydroxylation is 5. The number of hydrogen-bond acceptors (Lipinski definition) is 0. The highest BCUT2D eigenvalue weighted by atomic mass is 14.0. The monoisotopic (exact) mass is 788 g/mol. The number of benzene rings is 10. The van der Waals surface area contributed by atoms with Crippen molar-refractivity contribution in [1.29, 1.82) is 0 Å². The molecule has 0 heteroatoms. The van der Waals surface area contributed by atoms with E-state index in [1.165, 1.54) is 82.7 Å². The molecule has 0 heterocycles. The molecule has 0 aliphatic heterocycles. The lowest BCUT2D eigenvalue weighted by Gasteiger charge is -2.04. The fraction of sp³-hybridized carbons (Fsp3) is 0.0820. The molecule has 0 bridgehead atoms. The number of hydrogen-bond donors (Lipinski definition) is 0. The van der Waals surface area contributed by atoms with E-state index in [0.717, 1.165) is 0 Å². The predicted molar refractivity (Wildman–Crippen MR) is 267 cm³/mol. The Morgan fingerprint density at radius 2 is 0.557 bits per heavy atom. The highest BCUT2D eigenvalue weighted by molar-refractivity contribution is 5.83. The molecule has 0 aliphatic carbocycles. The van der Waals surface area contributed by atoms with Gasteiger partial charge in [-0.05, 0) is 95.1 Å². The minimum Gasteiger partial charge on any atom is -0.0622 e. The normalized spacial score (nSPS) is 10.0. The van der Waals surface area contributed by atoms with Crippen LogP contribution in [0.5, 0.6) is 0 Å². The second-order valence-electron chi connectivity index (χ2n) is 15.3. The Morgan fingerprint density at radius 3 is 1.05 bits per heavy atom. The molecule has 0 spiro atoms. The van der Waals surface area contributed by atoms with Crippen LogP contribution in [0.4, 0.5) is 0 Å². The maximum atomic E-state index is 2.20. The maximum Gasteiger partial charge on any atom is -0.0155 e. The zero-order valence-electron chi connectivity index (χ0n) is 36.2. The molecular formula is C61H56. The van der Waals surface area contributed by atoms with Gasteiger partial charge in [-0.1, -0.05) is 271 Å². The van der Waals surface area contributed by atoms with E-state index in [0.29, 0.717) is 0 Å². The highest BCUT2D eigenvalue weighted by Crippen LogP contribution is 2.23. The van der Waals surface area contributed by atoms with Crippen molar-refractivity contribution in [3.63, 3.8) is 0 Å². The molecule has 0 unspecified atom stereocenters. The molecule has 10 aromatic rings. The highest BCUT2D eigenvalue weighted by Gasteiger charge is 1.99. The lowest BCUT2D eigenvalue weighted by atomic mass is 10.0. The smallest absolute Gasteiger partial charge is 0.0155 e. The second-order valence-corrected chi connectivity index (χ2v) is 15.3. The van der Waals surface area contributed by atoms with Crippen LogP contribution in [0.1, 0.15) is 27.8 Å². The Hall–Kier alpha value is -7.28. The average molecular weight is 789 g/mol. The van der Waals surface area contributed by atoms with Gasteiger partial charge < -0.3 is 0 Å². The van der Waals surface area contributed by atoms with E-state index < -0.39 is 0 Å². The zero-order chi connectivity index (χ0) is 42.7. The van der Waals surface area contributed by atoms with Crippen LogP contribution in [0.25, 0.3) is 54.9 Å². The topological polar surface area (TPSA) is 0 Å². The second kappa shape index (κ2) is 22.8. The van der Waals surface area contributed by atoms with Crippen LogP contribution in [0.15, 0.2) is 249 Å². The molecule has 0 radical (unpaired) electrons. The van der Waals surface area contributed by atoms with Gasteiger partial charge in [0.25, 0.3) is 0 Å². The van der Waals surface area contributed by atoms with Gasteiger partial charge in [-0.2, -0.15) is 0 Å². The summed E-state index contributed by atoms with van der Waals surface area (Å²) in [5.74, 6) is 0. The van der Waals surface area contributed by atoms with E-state index >= 15 is 0 Å². The quantitative estimate of drug-likeness (QED) is 0.167. The van der Waals surface area contributed by atoms with E-state index in [1.54, 1.807) is 0 Å². The van der Waals surface area contributed by atoms with Crippen LogP contribution in [-0.2, 0) is 0 Å². The van der Waals surface area contributed by atoms with Crippen molar-refractivity contribution in [3.05, 3.63) is 277 Å². The largest absolute Gasteiger partial charge is 0.0622 e. The molecule has 0 aliphatic rings. The molecule has 10 rings (SSSR count). The van der Waals surface area contributed by atoms with Gasteiger partial charge in [0.2, 0.25) is 0 Å². The molecule has 0 saturated carbocycles. The summed E-state index contributed by atoms with van der Waals surface area (Å²) in [6.07, 6.45) is 0. The molecule has 0 fully saturated rings. The van der Waals surface area contributed by atoms with Crippen molar-refractivity contribution >= 4 is 21.5 Å². The molecule has 0 nitrogen and oxygen atoms in total. The molecule has 10 aromatic carbocycles. The fourth-order valence-corrected chi connectivity index (χ4v) is 6.96. The summed E-state index contributed by atoms with van der Waals surface area (Å²) in [4.78, 5) is 0. The van der Waals surface area contributed by atoms with Crippen molar-refractivity contribution in [2.45, 2.75) is 34.6 Å². The average Bonchev–Trinajstić information content (AvgIpc) is 3.31. The summed E-state index contributed by atoms with van der Waals surface area (Å²) in [6, 6.07) is 86.8. The number of rotatable bonds is 3. The van der Waals surface area contributed by atoms with Crippen LogP contribution in [0, 0.1) is 34.6 Å². The molecule has 0 saturated heterocycles. The van der Waals surface area contributed by atoms with Crippen LogP contribution < -0.4 is 0 Å². The molecule has 300 valence electrons. The predicted octanol–water partition coefficient (Wildman–Crippen LogP) is 17.3. The fourth-order valence-electron chi connectivity index (χ4n) is 6.96. The Balaban J connectivity index is 0.000000128. The van der Waals surface area contributed by atoms with E-state index in [9.17, 15) is 0 Å². The van der Waals surface area contributed by atoms with Gasteiger partial charge in [0, 0.05) is 0 Å². The lowest BCUT2D eigenvalue weighted by Crippen LogP contribution is -1.80. The molecule has 0 aromatic heterocycles. The maximum absolute atomic E-state index is 2.20. The van der Waals surface area contributed by atoms with Gasteiger partial charge in [-0.15, -0.1) is 0 Å². The van der Waals surface area contributed by atoms with Gasteiger partial charge in [0.15, 0.2) is 0 Å². The molecule has 0 amide bonds. The molecule has 0 N–H and O–H groups in total. The van der Waals surface area contributed by atoms with Crippen molar-refractivity contribution < 1.29 is 0 Å². The van der Waals surface area contributed by atoms with Crippen molar-refractivity contribution in [2.75, 3.05) is 0 Å². The Bertz CT molecular complexity index is 2740. The Labute approximate surface area is 364 Å². The van der Waals surface area contributed by atoms with E-state index in [-0.39, 0.29) is 0 Å². The van der Waals surface area contributed by atoms with Gasteiger partial charge >= 0.3 is 0 Å². The summed E-state index contributed by atoms with van der Waals surface area (Å²) in [7, 11) is 0. The molecule has 61 heavy (non-hydrogen) atoms. The third-order valence-electron chi connectivity index (χ3n) is 10.3. The summed E-state index contributed by atoms with van der Waals surface area (Å²) in [5, 5.41) is 5.29. The van der Waals surface area contributed by atoms with E-state index in [4.69, 9.17) is 0 Å². The van der Waals surface area contributed by atoms with Crippen LogP contribution in [-0.4, -0.2) is 0 Å². The summed E-state index contributed by atoms with van der Waals surface area (Å²) < 4.78 is 0. The van der Waals surface area contributed by atoms with Crippen molar-refractivity contribution in [1.82, 2.24) is 0 Å². The first-order chi connectivity index (χ1) is 29.8. The summed E-state index contributed by atoms with van der Waals surface area (Å²) >= 11 is 0. The van der Waals surface area contributed by atoms with Crippen molar-refractivity contribution in [2.24, 2.45) is 0 Å². The zero-order valence-corrected chi connectivity index (χ0v) is 36.2. The van der Waals surface area contributed by atoms with Crippen LogP contribution in [0.3, 0.4) is 0 Å². The first kappa shape index (κ1) is 43.3. The van der Waals surface area contributed by atoms with E-state index in [1.807, 2.05) is 18.2 Å². The SMILES string of the molecule is Cc1ccc(-c2ccccc2)cc1.Cc1ccc2ccccc2c1.Cc1ccc2ccccc2c1.Cc1cccc(-c2ccccc2)c1.Cc1ccccc1-c1ccccc1. The third-order valence-corrected chi connectivity index (χ3v) is 10.3. The first-order valence-corrected chi connectivity index (χ1v) is 21.1. The first-order valence-electron chi connectivity index (χ1n) is 21.1. The van der Waals surface area contributed by atoms with Gasteiger partial charge in [0.05, 0.1) is 0 Å². The van der Waals surface area contributed by atoms with Crippen molar-refractivity contribution in [3.8, 4) is 33.4 Å². The molecule has 0 atom stereocenters. The standard InChI is InChI=1S/3C13H12.2C11H10/c1-11-7-5-6-10-13(11)12-8-3-2-4-9-12;1-11-6-5-9-13(10-11)12-7-3-2-4-8-12;1-11-7-9-13(10-8-11)12-5-3-2-4-6-12;2*1-9-6-7-10-4-2-3-5-11(10)8-9/h3*2-10H,1H3;2*2-8H,1H3. The minimum atomic E-state index is 1.28. The Morgan fingerprint density at radius 1 is 0.197 bits per heavy atom. The Kier molecular flexibility index (Phi) is 16.2. The minimum absolute atomic E-state index is 1.28. The van der Waals surface area contributed by atoms with Crippen LogP contribution >= 0.6 is 0 Å². The lowest BCUT2D eigenvalue weighted by molar-refractivity contribution is 1.46. The summed E-state index contributed by atoms with van der Waals surface area (Å²) in [5.41, 5.74) is 14.3. The van der Waals surface area contributed by atoms with E-state index in [2.05, 4.69) is 265 Å².